The Labute approximate surface area is 73.2 Å². The van der Waals surface area contributed by atoms with Crippen molar-refractivity contribution in [2.75, 3.05) is 0 Å². The molecule has 0 spiro atoms. The van der Waals surface area contributed by atoms with E-state index in [2.05, 4.69) is 6.92 Å². The van der Waals surface area contributed by atoms with Gasteiger partial charge in [0.25, 0.3) is 0 Å². The Bertz CT molecular complexity index is 225. The van der Waals surface area contributed by atoms with Crippen LogP contribution < -0.4 is 0 Å². The lowest BCUT2D eigenvalue weighted by molar-refractivity contribution is 0.198. The number of rotatable bonds is 4. The van der Waals surface area contributed by atoms with Crippen molar-refractivity contribution in [2.24, 2.45) is 0 Å². The van der Waals surface area contributed by atoms with E-state index in [1.807, 2.05) is 6.07 Å². The normalized spacial score (nSPS) is 13.2. The topological polar surface area (TPSA) is 33.4 Å². The summed E-state index contributed by atoms with van der Waals surface area (Å²) in [7, 11) is 0. The van der Waals surface area contributed by atoms with Crippen LogP contribution in [-0.2, 0) is 6.42 Å². The van der Waals surface area contributed by atoms with E-state index in [-0.39, 0.29) is 0 Å². The molecule has 0 bridgehead atoms. The van der Waals surface area contributed by atoms with Crippen LogP contribution >= 0.6 is 0 Å². The Morgan fingerprint density at radius 3 is 2.83 bits per heavy atom. The van der Waals surface area contributed by atoms with Crippen molar-refractivity contribution in [1.82, 2.24) is 0 Å². The third-order valence-corrected chi connectivity index (χ3v) is 1.93. The standard InChI is InChI=1S/C10H16O2/c1-3-4-5-10-6-9(7-12-10)8(2)11/h6-8,11H,3-5H2,1-2H3. The maximum absolute atomic E-state index is 9.20. The zero-order chi connectivity index (χ0) is 8.97. The first-order chi connectivity index (χ1) is 5.74. The van der Waals surface area contributed by atoms with Crippen LogP contribution in [0.1, 0.15) is 44.1 Å². The molecule has 1 rings (SSSR count). The summed E-state index contributed by atoms with van der Waals surface area (Å²) in [6.45, 7) is 3.90. The number of aliphatic hydroxyl groups is 1. The second-order valence-corrected chi connectivity index (χ2v) is 3.13. The highest BCUT2D eigenvalue weighted by atomic mass is 16.3. The minimum absolute atomic E-state index is 0.413. The van der Waals surface area contributed by atoms with Gasteiger partial charge in [-0.1, -0.05) is 13.3 Å². The molecule has 1 heterocycles. The fraction of sp³-hybridized carbons (Fsp3) is 0.600. The predicted molar refractivity (Wildman–Crippen MR) is 48.0 cm³/mol. The Kier molecular flexibility index (Phi) is 3.35. The number of unbranched alkanes of at least 4 members (excludes halogenated alkanes) is 1. The van der Waals surface area contributed by atoms with Crippen molar-refractivity contribution in [2.45, 2.75) is 39.2 Å². The molecule has 0 aromatic carbocycles. The summed E-state index contributed by atoms with van der Waals surface area (Å²) in [4.78, 5) is 0. The van der Waals surface area contributed by atoms with Crippen molar-refractivity contribution >= 4 is 0 Å². The molecule has 1 unspecified atom stereocenters. The summed E-state index contributed by atoms with van der Waals surface area (Å²) < 4.78 is 5.27. The molecule has 1 aromatic heterocycles. The number of aryl methyl sites for hydroxylation is 1. The first kappa shape index (κ1) is 9.33. The fourth-order valence-corrected chi connectivity index (χ4v) is 1.10. The highest BCUT2D eigenvalue weighted by Gasteiger charge is 2.05. The van der Waals surface area contributed by atoms with Gasteiger partial charge in [0.15, 0.2) is 0 Å². The molecule has 0 fully saturated rings. The lowest BCUT2D eigenvalue weighted by Gasteiger charge is -1.95. The molecule has 0 aliphatic heterocycles. The Hall–Kier alpha value is -0.760. The summed E-state index contributed by atoms with van der Waals surface area (Å²) in [6.07, 6.45) is 4.51. The van der Waals surface area contributed by atoms with E-state index < -0.39 is 6.10 Å². The summed E-state index contributed by atoms with van der Waals surface area (Å²) in [5.74, 6) is 0.979. The number of furan rings is 1. The molecule has 1 N–H and O–H groups in total. The van der Waals surface area contributed by atoms with E-state index in [4.69, 9.17) is 4.42 Å². The van der Waals surface area contributed by atoms with E-state index >= 15 is 0 Å². The van der Waals surface area contributed by atoms with Crippen LogP contribution in [0.25, 0.3) is 0 Å². The van der Waals surface area contributed by atoms with Crippen LogP contribution in [0.4, 0.5) is 0 Å². The molecule has 2 heteroatoms. The lowest BCUT2D eigenvalue weighted by Crippen LogP contribution is -1.86. The van der Waals surface area contributed by atoms with Crippen LogP contribution in [0.3, 0.4) is 0 Å². The Morgan fingerprint density at radius 2 is 2.33 bits per heavy atom. The van der Waals surface area contributed by atoms with E-state index in [9.17, 15) is 5.11 Å². The van der Waals surface area contributed by atoms with Crippen molar-refractivity contribution < 1.29 is 9.52 Å². The van der Waals surface area contributed by atoms with E-state index in [0.29, 0.717) is 0 Å². The molecule has 68 valence electrons. The summed E-state index contributed by atoms with van der Waals surface area (Å²) in [6, 6.07) is 1.93. The first-order valence-electron chi connectivity index (χ1n) is 4.49. The average Bonchev–Trinajstić information content (AvgIpc) is 2.48. The predicted octanol–water partition coefficient (Wildman–Crippen LogP) is 2.68. The van der Waals surface area contributed by atoms with Crippen LogP contribution in [0.2, 0.25) is 0 Å². The third kappa shape index (κ3) is 2.38. The van der Waals surface area contributed by atoms with Gasteiger partial charge in [-0.2, -0.15) is 0 Å². The van der Waals surface area contributed by atoms with E-state index in [1.165, 1.54) is 6.42 Å². The van der Waals surface area contributed by atoms with Crippen LogP contribution in [0.5, 0.6) is 0 Å². The molecule has 0 amide bonds. The van der Waals surface area contributed by atoms with Crippen molar-refractivity contribution in [3.63, 3.8) is 0 Å². The van der Waals surface area contributed by atoms with Crippen molar-refractivity contribution in [3.8, 4) is 0 Å². The molecule has 0 saturated heterocycles. The number of aliphatic hydroxyl groups excluding tert-OH is 1. The molecule has 1 aromatic rings. The van der Waals surface area contributed by atoms with Gasteiger partial charge in [0, 0.05) is 12.0 Å². The second-order valence-electron chi connectivity index (χ2n) is 3.13. The van der Waals surface area contributed by atoms with Gasteiger partial charge < -0.3 is 9.52 Å². The SMILES string of the molecule is CCCCc1cc(C(C)O)co1. The van der Waals surface area contributed by atoms with Crippen LogP contribution in [0.15, 0.2) is 16.7 Å². The second kappa shape index (κ2) is 4.31. The molecule has 12 heavy (non-hydrogen) atoms. The van der Waals surface area contributed by atoms with Crippen molar-refractivity contribution in [3.05, 3.63) is 23.7 Å². The first-order valence-corrected chi connectivity index (χ1v) is 4.49. The van der Waals surface area contributed by atoms with Gasteiger partial charge in [0.1, 0.15) is 5.76 Å². The zero-order valence-corrected chi connectivity index (χ0v) is 7.71. The van der Waals surface area contributed by atoms with E-state index in [1.54, 1.807) is 13.2 Å². The van der Waals surface area contributed by atoms with Gasteiger partial charge in [-0.25, -0.2) is 0 Å². The lowest BCUT2D eigenvalue weighted by atomic mass is 10.1. The van der Waals surface area contributed by atoms with Gasteiger partial charge in [0.2, 0.25) is 0 Å². The minimum Gasteiger partial charge on any atom is -0.469 e. The highest BCUT2D eigenvalue weighted by Crippen LogP contribution is 2.16. The molecule has 0 radical (unpaired) electrons. The maximum Gasteiger partial charge on any atom is 0.104 e. The zero-order valence-electron chi connectivity index (χ0n) is 7.71. The van der Waals surface area contributed by atoms with Crippen LogP contribution in [-0.4, -0.2) is 5.11 Å². The summed E-state index contributed by atoms with van der Waals surface area (Å²) >= 11 is 0. The van der Waals surface area contributed by atoms with Gasteiger partial charge in [-0.05, 0) is 19.4 Å². The average molecular weight is 168 g/mol. The van der Waals surface area contributed by atoms with E-state index in [0.717, 1.165) is 24.2 Å². The molecule has 2 nitrogen and oxygen atoms in total. The number of hydrogen-bond acceptors (Lipinski definition) is 2. The molecule has 0 saturated carbocycles. The summed E-state index contributed by atoms with van der Waals surface area (Å²) in [5, 5.41) is 9.20. The van der Waals surface area contributed by atoms with Gasteiger partial charge in [0.05, 0.1) is 12.4 Å². The molecule has 1 atom stereocenters. The highest BCUT2D eigenvalue weighted by molar-refractivity contribution is 5.14. The summed E-state index contributed by atoms with van der Waals surface area (Å²) in [5.41, 5.74) is 0.876. The smallest absolute Gasteiger partial charge is 0.104 e. The quantitative estimate of drug-likeness (QED) is 0.749. The third-order valence-electron chi connectivity index (χ3n) is 1.93. The largest absolute Gasteiger partial charge is 0.469 e. The minimum atomic E-state index is -0.413. The molecular weight excluding hydrogens is 152 g/mol. The van der Waals surface area contributed by atoms with Gasteiger partial charge in [-0.3, -0.25) is 0 Å². The monoisotopic (exact) mass is 168 g/mol. The Morgan fingerprint density at radius 1 is 1.58 bits per heavy atom. The van der Waals surface area contributed by atoms with Gasteiger partial charge in [-0.15, -0.1) is 0 Å². The van der Waals surface area contributed by atoms with Crippen molar-refractivity contribution in [1.29, 1.82) is 0 Å². The van der Waals surface area contributed by atoms with Gasteiger partial charge >= 0.3 is 0 Å². The molecular formula is C10H16O2. The molecule has 0 aliphatic carbocycles. The molecule has 0 aliphatic rings. The Balaban J connectivity index is 2.52. The van der Waals surface area contributed by atoms with Crippen LogP contribution in [0, 0.1) is 0 Å². The number of hydrogen-bond donors (Lipinski definition) is 1. The maximum atomic E-state index is 9.20. The fourth-order valence-electron chi connectivity index (χ4n) is 1.10.